The molecule has 0 aliphatic heterocycles. The van der Waals surface area contributed by atoms with E-state index >= 15 is 0 Å². The Balaban J connectivity index is 3.96. The third-order valence-corrected chi connectivity index (χ3v) is 3.41. The Morgan fingerprint density at radius 1 is 1.43 bits per heavy atom. The van der Waals surface area contributed by atoms with Crippen LogP contribution in [0.25, 0.3) is 0 Å². The first-order chi connectivity index (χ1) is 6.58. The second-order valence-electron chi connectivity index (χ2n) is 4.12. The van der Waals surface area contributed by atoms with Gasteiger partial charge in [0.05, 0.1) is 6.61 Å². The topological polar surface area (TPSA) is 32.3 Å². The number of thioether (sulfide) groups is 1. The monoisotopic (exact) mass is 219 g/mol. The molecule has 0 rings (SSSR count). The lowest BCUT2D eigenvalue weighted by molar-refractivity contribution is 0.166. The summed E-state index contributed by atoms with van der Waals surface area (Å²) in [5, 5.41) is 13.4. The van der Waals surface area contributed by atoms with Crippen molar-refractivity contribution in [2.24, 2.45) is 0 Å². The summed E-state index contributed by atoms with van der Waals surface area (Å²) in [5.74, 6) is 1.15. The zero-order valence-corrected chi connectivity index (χ0v) is 10.8. The summed E-state index contributed by atoms with van der Waals surface area (Å²) in [6.45, 7) is 9.87. The second-order valence-corrected chi connectivity index (χ2v) is 5.83. The molecule has 3 heteroatoms. The standard InChI is InChI=1S/C11H25NOS/c1-5-7-12-11(4,9-13)8-10(3)14-6-2/h10,12-13H,5-9H2,1-4H3. The van der Waals surface area contributed by atoms with Gasteiger partial charge in [-0.1, -0.05) is 20.8 Å². The fraction of sp³-hybridized carbons (Fsp3) is 1.00. The lowest BCUT2D eigenvalue weighted by Crippen LogP contribution is -2.47. The molecule has 0 radical (unpaired) electrons. The van der Waals surface area contributed by atoms with Gasteiger partial charge in [-0.05, 0) is 32.1 Å². The summed E-state index contributed by atoms with van der Waals surface area (Å²) >= 11 is 1.96. The van der Waals surface area contributed by atoms with Crippen molar-refractivity contribution in [3.8, 4) is 0 Å². The van der Waals surface area contributed by atoms with E-state index in [-0.39, 0.29) is 12.1 Å². The van der Waals surface area contributed by atoms with E-state index in [1.165, 1.54) is 0 Å². The molecule has 2 N–H and O–H groups in total. The highest BCUT2D eigenvalue weighted by atomic mass is 32.2. The van der Waals surface area contributed by atoms with E-state index in [9.17, 15) is 5.11 Å². The molecule has 14 heavy (non-hydrogen) atoms. The van der Waals surface area contributed by atoms with Gasteiger partial charge in [0.25, 0.3) is 0 Å². The third-order valence-electron chi connectivity index (χ3n) is 2.34. The van der Waals surface area contributed by atoms with Crippen molar-refractivity contribution in [1.82, 2.24) is 5.32 Å². The molecular formula is C11H25NOS. The Labute approximate surface area is 92.9 Å². The Morgan fingerprint density at radius 2 is 2.07 bits per heavy atom. The second kappa shape index (κ2) is 7.55. The van der Waals surface area contributed by atoms with Crippen LogP contribution in [0.1, 0.15) is 40.5 Å². The zero-order valence-electron chi connectivity index (χ0n) is 9.97. The van der Waals surface area contributed by atoms with E-state index in [0.29, 0.717) is 5.25 Å². The number of aliphatic hydroxyl groups excluding tert-OH is 1. The van der Waals surface area contributed by atoms with E-state index < -0.39 is 0 Å². The summed E-state index contributed by atoms with van der Waals surface area (Å²) in [5.41, 5.74) is -0.0996. The maximum atomic E-state index is 9.36. The van der Waals surface area contributed by atoms with Gasteiger partial charge < -0.3 is 10.4 Å². The largest absolute Gasteiger partial charge is 0.394 e. The molecule has 0 aromatic heterocycles. The molecule has 0 saturated carbocycles. The zero-order chi connectivity index (χ0) is 11.0. The SMILES string of the molecule is CCCNC(C)(CO)CC(C)SCC. The number of hydrogen-bond acceptors (Lipinski definition) is 3. The van der Waals surface area contributed by atoms with Gasteiger partial charge >= 0.3 is 0 Å². The molecule has 0 heterocycles. The molecule has 86 valence electrons. The van der Waals surface area contributed by atoms with Crippen LogP contribution in [0.5, 0.6) is 0 Å². The molecule has 2 unspecified atom stereocenters. The fourth-order valence-corrected chi connectivity index (χ4v) is 2.65. The van der Waals surface area contributed by atoms with Crippen molar-refractivity contribution < 1.29 is 5.11 Å². The highest BCUT2D eigenvalue weighted by Gasteiger charge is 2.24. The van der Waals surface area contributed by atoms with Gasteiger partial charge in [0.15, 0.2) is 0 Å². The van der Waals surface area contributed by atoms with Crippen LogP contribution in [0, 0.1) is 0 Å². The molecule has 0 spiro atoms. The molecule has 0 amide bonds. The first-order valence-electron chi connectivity index (χ1n) is 5.55. The van der Waals surface area contributed by atoms with Crippen molar-refractivity contribution >= 4 is 11.8 Å². The average Bonchev–Trinajstić information content (AvgIpc) is 2.15. The molecule has 0 aromatic rings. The Hall–Kier alpha value is 0.270. The van der Waals surface area contributed by atoms with Crippen molar-refractivity contribution in [1.29, 1.82) is 0 Å². The highest BCUT2D eigenvalue weighted by Crippen LogP contribution is 2.21. The van der Waals surface area contributed by atoms with Crippen LogP contribution in [0.4, 0.5) is 0 Å². The molecule has 0 saturated heterocycles. The molecule has 0 bridgehead atoms. The van der Waals surface area contributed by atoms with Gasteiger partial charge in [0.2, 0.25) is 0 Å². The summed E-state index contributed by atoms with van der Waals surface area (Å²) in [6, 6.07) is 0. The van der Waals surface area contributed by atoms with E-state index in [1.54, 1.807) is 0 Å². The molecule has 0 aliphatic carbocycles. The van der Waals surface area contributed by atoms with Crippen molar-refractivity contribution in [3.05, 3.63) is 0 Å². The molecule has 2 atom stereocenters. The number of nitrogens with one attached hydrogen (secondary N) is 1. The van der Waals surface area contributed by atoms with Crippen LogP contribution in [-0.2, 0) is 0 Å². The minimum absolute atomic E-state index is 0.0996. The van der Waals surface area contributed by atoms with E-state index in [4.69, 9.17) is 0 Å². The minimum Gasteiger partial charge on any atom is -0.394 e. The summed E-state index contributed by atoms with van der Waals surface area (Å²) in [4.78, 5) is 0. The maximum Gasteiger partial charge on any atom is 0.0611 e. The van der Waals surface area contributed by atoms with Crippen LogP contribution in [0.3, 0.4) is 0 Å². The van der Waals surface area contributed by atoms with Crippen LogP contribution in [-0.4, -0.2) is 34.8 Å². The van der Waals surface area contributed by atoms with E-state index in [2.05, 4.69) is 33.0 Å². The van der Waals surface area contributed by atoms with Gasteiger partial charge in [-0.25, -0.2) is 0 Å². The Bertz CT molecular complexity index is 143. The lowest BCUT2D eigenvalue weighted by Gasteiger charge is -2.31. The minimum atomic E-state index is -0.0996. The van der Waals surface area contributed by atoms with Gasteiger partial charge in [-0.3, -0.25) is 0 Å². The number of rotatable bonds is 8. The Kier molecular flexibility index (Phi) is 7.69. The Morgan fingerprint density at radius 3 is 2.50 bits per heavy atom. The summed E-state index contributed by atoms with van der Waals surface area (Å²) in [7, 11) is 0. The lowest BCUT2D eigenvalue weighted by atomic mass is 9.97. The summed E-state index contributed by atoms with van der Waals surface area (Å²) in [6.07, 6.45) is 2.15. The number of hydrogen-bond donors (Lipinski definition) is 2. The van der Waals surface area contributed by atoms with Crippen LogP contribution < -0.4 is 5.32 Å². The van der Waals surface area contributed by atoms with Gasteiger partial charge in [0.1, 0.15) is 0 Å². The van der Waals surface area contributed by atoms with Crippen LogP contribution in [0.2, 0.25) is 0 Å². The van der Waals surface area contributed by atoms with E-state index in [0.717, 1.165) is 25.1 Å². The normalized spacial score (nSPS) is 17.8. The third kappa shape index (κ3) is 5.89. The predicted octanol–water partition coefficient (Wildman–Crippen LogP) is 2.27. The predicted molar refractivity (Wildman–Crippen MR) is 66.0 cm³/mol. The fourth-order valence-electron chi connectivity index (χ4n) is 1.60. The molecule has 0 aromatic carbocycles. The first kappa shape index (κ1) is 14.3. The van der Waals surface area contributed by atoms with Gasteiger partial charge in [-0.2, -0.15) is 11.8 Å². The van der Waals surface area contributed by atoms with Crippen molar-refractivity contribution in [3.63, 3.8) is 0 Å². The van der Waals surface area contributed by atoms with Crippen LogP contribution in [0.15, 0.2) is 0 Å². The molecular weight excluding hydrogens is 194 g/mol. The van der Waals surface area contributed by atoms with Crippen molar-refractivity contribution in [2.45, 2.75) is 51.3 Å². The summed E-state index contributed by atoms with van der Waals surface area (Å²) < 4.78 is 0. The highest BCUT2D eigenvalue weighted by molar-refractivity contribution is 7.99. The molecule has 0 fully saturated rings. The average molecular weight is 219 g/mol. The quantitative estimate of drug-likeness (QED) is 0.657. The number of aliphatic hydroxyl groups is 1. The van der Waals surface area contributed by atoms with Crippen LogP contribution >= 0.6 is 11.8 Å². The van der Waals surface area contributed by atoms with Gasteiger partial charge in [-0.15, -0.1) is 0 Å². The molecule has 0 aliphatic rings. The smallest absolute Gasteiger partial charge is 0.0611 e. The first-order valence-corrected chi connectivity index (χ1v) is 6.60. The van der Waals surface area contributed by atoms with Crippen molar-refractivity contribution in [2.75, 3.05) is 18.9 Å². The molecule has 2 nitrogen and oxygen atoms in total. The van der Waals surface area contributed by atoms with E-state index in [1.807, 2.05) is 11.8 Å². The van der Waals surface area contributed by atoms with Gasteiger partial charge in [0, 0.05) is 10.8 Å². The maximum absolute atomic E-state index is 9.36.